The molecule has 0 saturated heterocycles. The summed E-state index contributed by atoms with van der Waals surface area (Å²) in [6.07, 6.45) is 0.420. The number of halogens is 2. The second-order valence-electron chi connectivity index (χ2n) is 8.76. The Bertz CT molecular complexity index is 1090. The quantitative estimate of drug-likeness (QED) is 0.420. The number of benzene rings is 3. The van der Waals surface area contributed by atoms with Gasteiger partial charge < -0.3 is 10.2 Å². The van der Waals surface area contributed by atoms with Gasteiger partial charge in [0.1, 0.15) is 11.9 Å². The van der Waals surface area contributed by atoms with Gasteiger partial charge in [-0.15, -0.1) is 0 Å². The van der Waals surface area contributed by atoms with Gasteiger partial charge >= 0.3 is 0 Å². The van der Waals surface area contributed by atoms with E-state index in [1.807, 2.05) is 56.3 Å². The van der Waals surface area contributed by atoms with E-state index < -0.39 is 6.04 Å². The smallest absolute Gasteiger partial charge is 0.243 e. The van der Waals surface area contributed by atoms with Crippen LogP contribution in [0.4, 0.5) is 4.39 Å². The number of carbonyl (C=O) groups is 2. The highest BCUT2D eigenvalue weighted by molar-refractivity contribution is 6.31. The molecule has 0 aliphatic carbocycles. The highest BCUT2D eigenvalue weighted by atomic mass is 35.5. The van der Waals surface area contributed by atoms with Crippen molar-refractivity contribution in [2.75, 3.05) is 6.54 Å². The molecular formula is C28H30ClFN2O2. The van der Waals surface area contributed by atoms with Crippen molar-refractivity contribution < 1.29 is 14.0 Å². The van der Waals surface area contributed by atoms with Crippen LogP contribution in [0.1, 0.15) is 30.5 Å². The monoisotopic (exact) mass is 480 g/mol. The molecule has 4 nitrogen and oxygen atoms in total. The summed E-state index contributed by atoms with van der Waals surface area (Å²) in [5, 5.41) is 3.49. The lowest BCUT2D eigenvalue weighted by atomic mass is 10.0. The summed E-state index contributed by atoms with van der Waals surface area (Å²) in [4.78, 5) is 28.6. The Kier molecular flexibility index (Phi) is 9.23. The molecule has 0 aliphatic rings. The molecule has 3 aromatic rings. The minimum absolute atomic E-state index is 0.0591. The Hall–Kier alpha value is -3.18. The lowest BCUT2D eigenvalue weighted by molar-refractivity contribution is -0.140. The minimum Gasteiger partial charge on any atom is -0.354 e. The van der Waals surface area contributed by atoms with E-state index >= 15 is 0 Å². The number of nitrogens with one attached hydrogen (secondary N) is 1. The number of hydrogen-bond donors (Lipinski definition) is 1. The minimum atomic E-state index is -0.735. The first-order valence-electron chi connectivity index (χ1n) is 11.4. The van der Waals surface area contributed by atoms with Crippen LogP contribution >= 0.6 is 11.6 Å². The maximum absolute atomic E-state index is 13.6. The summed E-state index contributed by atoms with van der Waals surface area (Å²) in [5.74, 6) is -0.524. The maximum atomic E-state index is 13.6. The van der Waals surface area contributed by atoms with Gasteiger partial charge in [0.05, 0.1) is 6.42 Å². The van der Waals surface area contributed by atoms with E-state index in [1.165, 1.54) is 12.1 Å². The van der Waals surface area contributed by atoms with Crippen molar-refractivity contribution >= 4 is 23.4 Å². The second-order valence-corrected chi connectivity index (χ2v) is 9.17. The Morgan fingerprint density at radius 1 is 0.912 bits per heavy atom. The topological polar surface area (TPSA) is 49.4 Å². The van der Waals surface area contributed by atoms with Crippen LogP contribution in [0.2, 0.25) is 5.02 Å². The SMILES string of the molecule is CC(C)CNC(=O)[C@H](Cc1ccccc1)N(Cc1ccc(F)cc1)C(=O)Cc1ccccc1Cl. The normalized spacial score (nSPS) is 11.8. The van der Waals surface area contributed by atoms with Crippen molar-refractivity contribution in [1.82, 2.24) is 10.2 Å². The Morgan fingerprint density at radius 2 is 1.56 bits per heavy atom. The fraction of sp³-hybridized carbons (Fsp3) is 0.286. The zero-order valence-electron chi connectivity index (χ0n) is 19.5. The lowest BCUT2D eigenvalue weighted by Crippen LogP contribution is -2.51. The summed E-state index contributed by atoms with van der Waals surface area (Å²) < 4.78 is 13.5. The van der Waals surface area contributed by atoms with Crippen LogP contribution in [0.15, 0.2) is 78.9 Å². The van der Waals surface area contributed by atoms with Crippen molar-refractivity contribution in [3.05, 3.63) is 106 Å². The van der Waals surface area contributed by atoms with Crippen molar-refractivity contribution in [2.45, 2.75) is 39.3 Å². The van der Waals surface area contributed by atoms with E-state index in [0.717, 1.165) is 11.1 Å². The zero-order valence-corrected chi connectivity index (χ0v) is 20.3. The highest BCUT2D eigenvalue weighted by Gasteiger charge is 2.30. The van der Waals surface area contributed by atoms with Crippen LogP contribution in [0.3, 0.4) is 0 Å². The average Bonchev–Trinajstić information content (AvgIpc) is 2.83. The van der Waals surface area contributed by atoms with Gasteiger partial charge in [-0.3, -0.25) is 9.59 Å². The molecule has 0 aromatic heterocycles. The molecule has 0 unspecified atom stereocenters. The largest absolute Gasteiger partial charge is 0.354 e. The summed E-state index contributed by atoms with van der Waals surface area (Å²) in [7, 11) is 0. The number of hydrogen-bond acceptors (Lipinski definition) is 2. The summed E-state index contributed by atoms with van der Waals surface area (Å²) in [6, 6.07) is 22.1. The molecule has 0 heterocycles. The molecule has 0 aliphatic heterocycles. The molecule has 1 atom stereocenters. The van der Waals surface area contributed by atoms with Gasteiger partial charge in [-0.25, -0.2) is 4.39 Å². The Labute approximate surface area is 205 Å². The van der Waals surface area contributed by atoms with Crippen molar-refractivity contribution in [2.24, 2.45) is 5.92 Å². The molecular weight excluding hydrogens is 451 g/mol. The van der Waals surface area contributed by atoms with Crippen LogP contribution in [0.5, 0.6) is 0 Å². The van der Waals surface area contributed by atoms with Gasteiger partial charge in [0.25, 0.3) is 0 Å². The molecule has 1 N–H and O–H groups in total. The third kappa shape index (κ3) is 7.42. The van der Waals surface area contributed by atoms with Crippen molar-refractivity contribution in [3.63, 3.8) is 0 Å². The van der Waals surface area contributed by atoms with E-state index in [4.69, 9.17) is 11.6 Å². The zero-order chi connectivity index (χ0) is 24.5. The van der Waals surface area contributed by atoms with Gasteiger partial charge in [0.2, 0.25) is 11.8 Å². The standard InChI is InChI=1S/C28H30ClFN2O2/c1-20(2)18-31-28(34)26(16-21-8-4-3-5-9-21)32(19-22-12-14-24(30)15-13-22)27(33)17-23-10-6-7-11-25(23)29/h3-15,20,26H,16-19H2,1-2H3,(H,31,34)/t26-/m0/s1. The first kappa shape index (κ1) is 25.4. The van der Waals surface area contributed by atoms with Gasteiger partial charge in [-0.05, 0) is 40.8 Å². The third-order valence-corrected chi connectivity index (χ3v) is 5.89. The molecule has 0 saturated carbocycles. The number of nitrogens with zero attached hydrogens (tertiary/aromatic N) is 1. The number of carbonyl (C=O) groups excluding carboxylic acids is 2. The molecule has 3 rings (SSSR count). The van der Waals surface area contributed by atoms with Crippen molar-refractivity contribution in [1.29, 1.82) is 0 Å². The van der Waals surface area contributed by atoms with E-state index in [9.17, 15) is 14.0 Å². The van der Waals surface area contributed by atoms with Crippen LogP contribution in [0.25, 0.3) is 0 Å². The van der Waals surface area contributed by atoms with E-state index in [2.05, 4.69) is 5.32 Å². The number of amides is 2. The summed E-state index contributed by atoms with van der Waals surface area (Å²) >= 11 is 6.32. The molecule has 0 radical (unpaired) electrons. The molecule has 3 aromatic carbocycles. The second kappa shape index (κ2) is 12.3. The first-order valence-corrected chi connectivity index (χ1v) is 11.8. The summed E-state index contributed by atoms with van der Waals surface area (Å²) in [6.45, 7) is 4.72. The van der Waals surface area contributed by atoms with E-state index in [-0.39, 0.29) is 36.5 Å². The molecule has 178 valence electrons. The highest BCUT2D eigenvalue weighted by Crippen LogP contribution is 2.20. The van der Waals surface area contributed by atoms with Crippen molar-refractivity contribution in [3.8, 4) is 0 Å². The Balaban J connectivity index is 1.96. The maximum Gasteiger partial charge on any atom is 0.243 e. The molecule has 34 heavy (non-hydrogen) atoms. The van der Waals surface area contributed by atoms with Crippen LogP contribution in [-0.2, 0) is 29.0 Å². The van der Waals surface area contributed by atoms with E-state index in [1.54, 1.807) is 29.2 Å². The first-order chi connectivity index (χ1) is 16.3. The molecule has 0 spiro atoms. The fourth-order valence-electron chi connectivity index (χ4n) is 3.67. The predicted octanol–water partition coefficient (Wildman–Crippen LogP) is 5.43. The van der Waals surface area contributed by atoms with Gasteiger partial charge in [0.15, 0.2) is 0 Å². The summed E-state index contributed by atoms with van der Waals surface area (Å²) in [5.41, 5.74) is 2.38. The number of rotatable bonds is 10. The van der Waals surface area contributed by atoms with Gasteiger partial charge in [-0.2, -0.15) is 0 Å². The van der Waals surface area contributed by atoms with Crippen LogP contribution < -0.4 is 5.32 Å². The van der Waals surface area contributed by atoms with Gasteiger partial charge in [0, 0.05) is 24.5 Å². The van der Waals surface area contributed by atoms with Crippen LogP contribution in [0, 0.1) is 11.7 Å². The fourth-order valence-corrected chi connectivity index (χ4v) is 3.87. The van der Waals surface area contributed by atoms with Crippen LogP contribution in [-0.4, -0.2) is 29.3 Å². The molecule has 0 fully saturated rings. The average molecular weight is 481 g/mol. The Morgan fingerprint density at radius 3 is 2.21 bits per heavy atom. The third-order valence-electron chi connectivity index (χ3n) is 5.52. The molecule has 0 bridgehead atoms. The van der Waals surface area contributed by atoms with E-state index in [0.29, 0.717) is 23.6 Å². The lowest BCUT2D eigenvalue weighted by Gasteiger charge is -2.32. The predicted molar refractivity (Wildman–Crippen MR) is 134 cm³/mol. The molecule has 2 amide bonds. The van der Waals surface area contributed by atoms with Gasteiger partial charge in [-0.1, -0.05) is 86.1 Å². The molecule has 6 heteroatoms.